The van der Waals surface area contributed by atoms with Crippen molar-refractivity contribution < 1.29 is 9.53 Å². The Morgan fingerprint density at radius 3 is 2.55 bits per heavy atom. The molecule has 0 spiro atoms. The summed E-state index contributed by atoms with van der Waals surface area (Å²) < 4.78 is 5.38. The molecule has 4 nitrogen and oxygen atoms in total. The summed E-state index contributed by atoms with van der Waals surface area (Å²) in [6.45, 7) is 7.26. The zero-order valence-electron chi connectivity index (χ0n) is 12.4. The van der Waals surface area contributed by atoms with Crippen molar-refractivity contribution >= 4 is 17.7 Å². The Morgan fingerprint density at radius 2 is 2.00 bits per heavy atom. The smallest absolute Gasteiger partial charge is 0.244 e. The summed E-state index contributed by atoms with van der Waals surface area (Å²) in [6.07, 6.45) is 3.31. The molecule has 4 heteroatoms. The SMILES string of the molecule is CCOCC(NC(=O)/C=C/c1ccc(N)cc1)C(C)C. The third-order valence-electron chi connectivity index (χ3n) is 3.00. The predicted molar refractivity (Wildman–Crippen MR) is 83.2 cm³/mol. The minimum Gasteiger partial charge on any atom is -0.399 e. The molecule has 0 radical (unpaired) electrons. The largest absolute Gasteiger partial charge is 0.399 e. The average Bonchev–Trinajstić information content (AvgIpc) is 2.42. The lowest BCUT2D eigenvalue weighted by Crippen LogP contribution is -2.41. The number of anilines is 1. The van der Waals surface area contributed by atoms with Gasteiger partial charge in [0.2, 0.25) is 5.91 Å². The molecule has 0 aliphatic rings. The quantitative estimate of drug-likeness (QED) is 0.594. The van der Waals surface area contributed by atoms with Crippen LogP contribution in [-0.4, -0.2) is 25.2 Å². The van der Waals surface area contributed by atoms with E-state index in [1.165, 1.54) is 6.08 Å². The molecule has 20 heavy (non-hydrogen) atoms. The van der Waals surface area contributed by atoms with E-state index in [1.807, 2.05) is 31.2 Å². The fourth-order valence-corrected chi connectivity index (χ4v) is 1.66. The van der Waals surface area contributed by atoms with Crippen molar-refractivity contribution in [2.45, 2.75) is 26.8 Å². The minimum absolute atomic E-state index is 0.0264. The number of hydrogen-bond donors (Lipinski definition) is 2. The molecular weight excluding hydrogens is 252 g/mol. The number of rotatable bonds is 7. The molecule has 0 aliphatic carbocycles. The first-order valence-electron chi connectivity index (χ1n) is 6.94. The van der Waals surface area contributed by atoms with Gasteiger partial charge in [-0.05, 0) is 36.6 Å². The van der Waals surface area contributed by atoms with Crippen LogP contribution in [0.25, 0.3) is 6.08 Å². The average molecular weight is 276 g/mol. The number of nitrogens with two attached hydrogens (primary N) is 1. The topological polar surface area (TPSA) is 64.3 Å². The molecule has 0 saturated carbocycles. The van der Waals surface area contributed by atoms with E-state index in [0.29, 0.717) is 24.8 Å². The van der Waals surface area contributed by atoms with Crippen LogP contribution in [0.15, 0.2) is 30.3 Å². The number of amides is 1. The van der Waals surface area contributed by atoms with Gasteiger partial charge in [-0.3, -0.25) is 4.79 Å². The third-order valence-corrected chi connectivity index (χ3v) is 3.00. The van der Waals surface area contributed by atoms with Gasteiger partial charge in [0.05, 0.1) is 12.6 Å². The van der Waals surface area contributed by atoms with E-state index in [2.05, 4.69) is 19.2 Å². The fraction of sp³-hybridized carbons (Fsp3) is 0.438. The first kappa shape index (κ1) is 16.2. The van der Waals surface area contributed by atoms with Gasteiger partial charge in [0, 0.05) is 18.4 Å². The van der Waals surface area contributed by atoms with Gasteiger partial charge >= 0.3 is 0 Å². The second-order valence-electron chi connectivity index (χ2n) is 5.02. The second-order valence-corrected chi connectivity index (χ2v) is 5.02. The van der Waals surface area contributed by atoms with E-state index in [9.17, 15) is 4.79 Å². The molecule has 0 heterocycles. The lowest BCUT2D eigenvalue weighted by Gasteiger charge is -2.21. The van der Waals surface area contributed by atoms with Crippen molar-refractivity contribution in [2.24, 2.45) is 5.92 Å². The van der Waals surface area contributed by atoms with Gasteiger partial charge in [-0.15, -0.1) is 0 Å². The van der Waals surface area contributed by atoms with Crippen LogP contribution in [0.1, 0.15) is 26.3 Å². The molecule has 0 aliphatic heterocycles. The maximum Gasteiger partial charge on any atom is 0.244 e. The molecule has 1 aromatic rings. The molecule has 110 valence electrons. The third kappa shape index (κ3) is 5.89. The van der Waals surface area contributed by atoms with Gasteiger partial charge in [-0.25, -0.2) is 0 Å². The molecule has 1 rings (SSSR count). The van der Waals surface area contributed by atoms with Crippen molar-refractivity contribution in [1.29, 1.82) is 0 Å². The van der Waals surface area contributed by atoms with Crippen LogP contribution in [0.2, 0.25) is 0 Å². The monoisotopic (exact) mass is 276 g/mol. The molecule has 3 N–H and O–H groups in total. The van der Waals surface area contributed by atoms with Crippen LogP contribution >= 0.6 is 0 Å². The number of carbonyl (C=O) groups excluding carboxylic acids is 1. The molecule has 0 aromatic heterocycles. The Hall–Kier alpha value is -1.81. The summed E-state index contributed by atoms with van der Waals surface area (Å²) in [5.41, 5.74) is 7.27. The van der Waals surface area contributed by atoms with E-state index in [4.69, 9.17) is 10.5 Å². The molecular formula is C16H24N2O2. The van der Waals surface area contributed by atoms with Crippen molar-refractivity contribution in [3.63, 3.8) is 0 Å². The highest BCUT2D eigenvalue weighted by molar-refractivity contribution is 5.91. The van der Waals surface area contributed by atoms with Gasteiger partial charge in [0.1, 0.15) is 0 Å². The standard InChI is InChI=1S/C16H24N2O2/c1-4-20-11-15(12(2)3)18-16(19)10-7-13-5-8-14(17)9-6-13/h5-10,12,15H,4,11,17H2,1-3H3,(H,18,19)/b10-7+. The number of ether oxygens (including phenoxy) is 1. The zero-order chi connectivity index (χ0) is 15.0. The van der Waals surface area contributed by atoms with Gasteiger partial charge in [0.25, 0.3) is 0 Å². The summed E-state index contributed by atoms with van der Waals surface area (Å²) in [4.78, 5) is 11.9. The number of nitrogen functional groups attached to an aromatic ring is 1. The molecule has 1 amide bonds. The Balaban J connectivity index is 2.54. The molecule has 1 unspecified atom stereocenters. The summed E-state index contributed by atoms with van der Waals surface area (Å²) >= 11 is 0. The fourth-order valence-electron chi connectivity index (χ4n) is 1.66. The molecule has 1 aromatic carbocycles. The van der Waals surface area contributed by atoms with Crippen molar-refractivity contribution in [2.75, 3.05) is 18.9 Å². The molecule has 1 atom stereocenters. The van der Waals surface area contributed by atoms with Gasteiger partial charge in [-0.2, -0.15) is 0 Å². The normalized spacial score (nSPS) is 12.8. The van der Waals surface area contributed by atoms with Gasteiger partial charge in [0.15, 0.2) is 0 Å². The second kappa shape index (κ2) is 8.38. The number of hydrogen-bond acceptors (Lipinski definition) is 3. The van der Waals surface area contributed by atoms with Crippen LogP contribution < -0.4 is 11.1 Å². The maximum absolute atomic E-state index is 11.9. The summed E-state index contributed by atoms with van der Waals surface area (Å²) in [5, 5.41) is 2.96. The number of carbonyl (C=O) groups is 1. The van der Waals surface area contributed by atoms with Gasteiger partial charge < -0.3 is 15.8 Å². The van der Waals surface area contributed by atoms with E-state index < -0.39 is 0 Å². The van der Waals surface area contributed by atoms with Crippen LogP contribution in [-0.2, 0) is 9.53 Å². The van der Waals surface area contributed by atoms with Gasteiger partial charge in [-0.1, -0.05) is 26.0 Å². The van der Waals surface area contributed by atoms with E-state index in [0.717, 1.165) is 5.56 Å². The molecule has 0 saturated heterocycles. The molecule has 0 fully saturated rings. The van der Waals surface area contributed by atoms with E-state index in [1.54, 1.807) is 6.08 Å². The number of benzene rings is 1. The lowest BCUT2D eigenvalue weighted by molar-refractivity contribution is -0.117. The first-order valence-corrected chi connectivity index (χ1v) is 6.94. The molecule has 0 bridgehead atoms. The Labute approximate surface area is 121 Å². The van der Waals surface area contributed by atoms with Crippen LogP contribution in [0.5, 0.6) is 0 Å². The summed E-state index contributed by atoms with van der Waals surface area (Å²) in [7, 11) is 0. The highest BCUT2D eigenvalue weighted by Gasteiger charge is 2.14. The predicted octanol–water partition coefficient (Wildman–Crippen LogP) is 2.46. The highest BCUT2D eigenvalue weighted by atomic mass is 16.5. The lowest BCUT2D eigenvalue weighted by atomic mass is 10.1. The Bertz CT molecular complexity index is 438. The van der Waals surface area contributed by atoms with E-state index >= 15 is 0 Å². The van der Waals surface area contributed by atoms with Crippen LogP contribution in [0.3, 0.4) is 0 Å². The highest BCUT2D eigenvalue weighted by Crippen LogP contribution is 2.07. The zero-order valence-corrected chi connectivity index (χ0v) is 12.4. The van der Waals surface area contributed by atoms with Crippen LogP contribution in [0.4, 0.5) is 5.69 Å². The Morgan fingerprint density at radius 1 is 1.35 bits per heavy atom. The Kier molecular flexibility index (Phi) is 6.81. The van der Waals surface area contributed by atoms with E-state index in [-0.39, 0.29) is 11.9 Å². The first-order chi connectivity index (χ1) is 9.52. The minimum atomic E-state index is -0.111. The maximum atomic E-state index is 11.9. The summed E-state index contributed by atoms with van der Waals surface area (Å²) in [5.74, 6) is 0.218. The summed E-state index contributed by atoms with van der Waals surface area (Å²) in [6, 6.07) is 7.39. The van der Waals surface area contributed by atoms with Crippen molar-refractivity contribution in [3.05, 3.63) is 35.9 Å². The van der Waals surface area contributed by atoms with Crippen molar-refractivity contribution in [1.82, 2.24) is 5.32 Å². The van der Waals surface area contributed by atoms with Crippen molar-refractivity contribution in [3.8, 4) is 0 Å². The number of nitrogens with one attached hydrogen (secondary N) is 1. The van der Waals surface area contributed by atoms with Crippen LogP contribution in [0, 0.1) is 5.92 Å².